The smallest absolute Gasteiger partial charge is 0.253 e. The van der Waals surface area contributed by atoms with Gasteiger partial charge in [-0.1, -0.05) is 17.7 Å². The second-order valence-electron chi connectivity index (χ2n) is 4.20. The first-order chi connectivity index (χ1) is 8.58. The summed E-state index contributed by atoms with van der Waals surface area (Å²) in [5, 5.41) is 3.37. The maximum absolute atomic E-state index is 12.1. The third kappa shape index (κ3) is 3.33. The number of amides is 1. The van der Waals surface area contributed by atoms with Crippen molar-refractivity contribution in [1.29, 1.82) is 0 Å². The first-order valence-electron chi connectivity index (χ1n) is 5.68. The van der Waals surface area contributed by atoms with Gasteiger partial charge in [0, 0.05) is 32.8 Å². The first kappa shape index (κ1) is 14.0. The Bertz CT molecular complexity index is 485. The van der Waals surface area contributed by atoms with Crippen LogP contribution in [0.25, 0.3) is 0 Å². The Morgan fingerprint density at radius 2 is 2.06 bits per heavy atom. The van der Waals surface area contributed by atoms with Crippen molar-refractivity contribution in [2.45, 2.75) is 18.9 Å². The van der Waals surface area contributed by atoms with E-state index in [1.807, 2.05) is 0 Å². The molecule has 0 aliphatic carbocycles. The van der Waals surface area contributed by atoms with E-state index in [9.17, 15) is 9.00 Å². The molecule has 1 aliphatic heterocycles. The molecule has 0 saturated carbocycles. The molecule has 0 radical (unpaired) electrons. The third-order valence-corrected chi connectivity index (χ3v) is 5.60. The lowest BCUT2D eigenvalue weighted by atomic mass is 10.1. The Labute approximate surface area is 122 Å². The Hall–Kier alpha value is -0.390. The summed E-state index contributed by atoms with van der Waals surface area (Å²) in [5.41, 5.74) is 0.470. The number of hydrogen-bond donors (Lipinski definition) is 1. The van der Waals surface area contributed by atoms with Gasteiger partial charge in [0.25, 0.3) is 5.91 Å². The molecule has 1 N–H and O–H groups in total. The van der Waals surface area contributed by atoms with Gasteiger partial charge in [-0.15, -0.1) is 0 Å². The fraction of sp³-hybridized carbons (Fsp3) is 0.417. The molecule has 1 aliphatic rings. The second kappa shape index (κ2) is 6.17. The minimum Gasteiger partial charge on any atom is -0.349 e. The van der Waals surface area contributed by atoms with Gasteiger partial charge in [-0.2, -0.15) is 0 Å². The summed E-state index contributed by atoms with van der Waals surface area (Å²) in [4.78, 5) is 12.1. The van der Waals surface area contributed by atoms with Crippen molar-refractivity contribution in [1.82, 2.24) is 5.32 Å². The van der Waals surface area contributed by atoms with Crippen LogP contribution >= 0.6 is 27.5 Å². The van der Waals surface area contributed by atoms with E-state index >= 15 is 0 Å². The van der Waals surface area contributed by atoms with Crippen molar-refractivity contribution in [3.63, 3.8) is 0 Å². The summed E-state index contributed by atoms with van der Waals surface area (Å²) < 4.78 is 11.9. The first-order valence-corrected chi connectivity index (χ1v) is 8.33. The standard InChI is InChI=1S/C12H13BrClNO2S/c13-10-3-1-2-9(11(10)14)12(16)15-8-4-6-18(17)7-5-8/h1-3,8H,4-7H2,(H,15,16). The fourth-order valence-electron chi connectivity index (χ4n) is 1.88. The van der Waals surface area contributed by atoms with Crippen LogP contribution < -0.4 is 5.32 Å². The van der Waals surface area contributed by atoms with Gasteiger partial charge in [0.05, 0.1) is 10.6 Å². The van der Waals surface area contributed by atoms with Crippen LogP contribution in [0.2, 0.25) is 5.02 Å². The monoisotopic (exact) mass is 349 g/mol. The fourth-order valence-corrected chi connectivity index (χ4v) is 3.76. The Morgan fingerprint density at radius 1 is 1.39 bits per heavy atom. The van der Waals surface area contributed by atoms with Crippen LogP contribution in [-0.2, 0) is 10.8 Å². The highest BCUT2D eigenvalue weighted by atomic mass is 79.9. The average Bonchev–Trinajstić information content (AvgIpc) is 2.35. The number of carbonyl (C=O) groups is 1. The van der Waals surface area contributed by atoms with Gasteiger partial charge in [-0.3, -0.25) is 9.00 Å². The molecule has 2 rings (SSSR count). The SMILES string of the molecule is O=C(NC1CCS(=O)CC1)c1cccc(Br)c1Cl. The summed E-state index contributed by atoms with van der Waals surface area (Å²) in [7, 11) is -0.713. The molecule has 0 aromatic heterocycles. The molecule has 18 heavy (non-hydrogen) atoms. The summed E-state index contributed by atoms with van der Waals surface area (Å²) in [6.07, 6.45) is 1.54. The summed E-state index contributed by atoms with van der Waals surface area (Å²) in [5.74, 6) is 1.16. The molecular weight excluding hydrogens is 338 g/mol. The zero-order chi connectivity index (χ0) is 13.1. The van der Waals surface area contributed by atoms with Crippen molar-refractivity contribution in [2.24, 2.45) is 0 Å². The number of carbonyl (C=O) groups excluding carboxylic acids is 1. The Kier molecular flexibility index (Phi) is 4.81. The largest absolute Gasteiger partial charge is 0.349 e. The predicted octanol–water partition coefficient (Wildman–Crippen LogP) is 2.74. The number of nitrogens with one attached hydrogen (secondary N) is 1. The minimum atomic E-state index is -0.713. The van der Waals surface area contributed by atoms with Crippen molar-refractivity contribution < 1.29 is 9.00 Å². The van der Waals surface area contributed by atoms with E-state index in [1.54, 1.807) is 18.2 Å². The van der Waals surface area contributed by atoms with E-state index in [1.165, 1.54) is 0 Å². The molecular formula is C12H13BrClNO2S. The molecule has 1 amide bonds. The zero-order valence-corrected chi connectivity index (χ0v) is 12.8. The molecule has 0 unspecified atom stereocenters. The van der Waals surface area contributed by atoms with Gasteiger partial charge in [0.15, 0.2) is 0 Å². The van der Waals surface area contributed by atoms with Crippen LogP contribution in [0, 0.1) is 0 Å². The minimum absolute atomic E-state index is 0.102. The molecule has 0 atom stereocenters. The highest BCUT2D eigenvalue weighted by Crippen LogP contribution is 2.26. The molecule has 1 aromatic rings. The van der Waals surface area contributed by atoms with Crippen LogP contribution in [0.4, 0.5) is 0 Å². The topological polar surface area (TPSA) is 46.2 Å². The molecule has 1 fully saturated rings. The van der Waals surface area contributed by atoms with Gasteiger partial charge < -0.3 is 5.32 Å². The van der Waals surface area contributed by atoms with Gasteiger partial charge in [-0.25, -0.2) is 0 Å². The van der Waals surface area contributed by atoms with E-state index in [0.717, 1.165) is 12.8 Å². The summed E-state index contributed by atoms with van der Waals surface area (Å²) in [6.45, 7) is 0. The average molecular weight is 351 g/mol. The van der Waals surface area contributed by atoms with Gasteiger partial charge in [0.2, 0.25) is 0 Å². The quantitative estimate of drug-likeness (QED) is 0.891. The molecule has 3 nitrogen and oxygen atoms in total. The van der Waals surface area contributed by atoms with E-state index in [2.05, 4.69) is 21.2 Å². The number of hydrogen-bond acceptors (Lipinski definition) is 2. The lowest BCUT2D eigenvalue weighted by Gasteiger charge is -2.22. The van der Waals surface area contributed by atoms with E-state index in [0.29, 0.717) is 26.6 Å². The Balaban J connectivity index is 2.03. The molecule has 1 heterocycles. The number of benzene rings is 1. The maximum Gasteiger partial charge on any atom is 0.253 e. The van der Waals surface area contributed by atoms with Gasteiger partial charge in [0.1, 0.15) is 0 Å². The molecule has 6 heteroatoms. The normalized spacial score (nSPS) is 23.7. The van der Waals surface area contributed by atoms with Gasteiger partial charge in [-0.05, 0) is 40.9 Å². The van der Waals surface area contributed by atoms with E-state index in [4.69, 9.17) is 11.6 Å². The Morgan fingerprint density at radius 3 is 2.72 bits per heavy atom. The van der Waals surface area contributed by atoms with E-state index < -0.39 is 10.8 Å². The highest BCUT2D eigenvalue weighted by molar-refractivity contribution is 9.10. The van der Waals surface area contributed by atoms with Crippen molar-refractivity contribution in [2.75, 3.05) is 11.5 Å². The third-order valence-electron chi connectivity index (χ3n) is 2.92. The van der Waals surface area contributed by atoms with Crippen LogP contribution in [0.3, 0.4) is 0 Å². The summed E-state index contributed by atoms with van der Waals surface area (Å²) >= 11 is 9.37. The highest BCUT2D eigenvalue weighted by Gasteiger charge is 2.21. The molecule has 0 bridgehead atoms. The van der Waals surface area contributed by atoms with Crippen LogP contribution in [0.1, 0.15) is 23.2 Å². The molecule has 98 valence electrons. The number of halogens is 2. The van der Waals surface area contributed by atoms with Crippen molar-refractivity contribution in [3.05, 3.63) is 33.3 Å². The van der Waals surface area contributed by atoms with Crippen LogP contribution in [-0.4, -0.2) is 27.7 Å². The van der Waals surface area contributed by atoms with Gasteiger partial charge >= 0.3 is 0 Å². The van der Waals surface area contributed by atoms with Crippen LogP contribution in [0.5, 0.6) is 0 Å². The number of rotatable bonds is 2. The lowest BCUT2D eigenvalue weighted by Crippen LogP contribution is -2.39. The van der Waals surface area contributed by atoms with Crippen LogP contribution in [0.15, 0.2) is 22.7 Å². The van der Waals surface area contributed by atoms with Crippen molar-refractivity contribution >= 4 is 44.2 Å². The molecule has 1 saturated heterocycles. The summed E-state index contributed by atoms with van der Waals surface area (Å²) in [6, 6.07) is 5.37. The zero-order valence-electron chi connectivity index (χ0n) is 9.62. The molecule has 1 aromatic carbocycles. The predicted molar refractivity (Wildman–Crippen MR) is 77.5 cm³/mol. The molecule has 0 spiro atoms. The van der Waals surface area contributed by atoms with Crippen molar-refractivity contribution in [3.8, 4) is 0 Å². The maximum atomic E-state index is 12.1. The van der Waals surface area contributed by atoms with E-state index in [-0.39, 0.29) is 11.9 Å². The lowest BCUT2D eigenvalue weighted by molar-refractivity contribution is 0.0934. The second-order valence-corrected chi connectivity index (χ2v) is 7.13.